The van der Waals surface area contributed by atoms with Crippen molar-refractivity contribution < 1.29 is 74.6 Å². The molecule has 0 radical (unpaired) electrons. The van der Waals surface area contributed by atoms with Crippen molar-refractivity contribution in [1.82, 2.24) is 4.90 Å². The van der Waals surface area contributed by atoms with Gasteiger partial charge >= 0.3 is 47.6 Å². The van der Waals surface area contributed by atoms with Gasteiger partial charge in [-0.15, -0.1) is 0 Å². The van der Waals surface area contributed by atoms with Gasteiger partial charge < -0.3 is 0 Å². The van der Waals surface area contributed by atoms with E-state index in [2.05, 4.69) is 0 Å². The molecule has 1 unspecified atom stereocenters. The Morgan fingerprint density at radius 3 is 1.00 bits per heavy atom. The predicted molar refractivity (Wildman–Crippen MR) is 137 cm³/mol. The molecule has 0 aromatic heterocycles. The quantitative estimate of drug-likeness (QED) is 0.150. The van der Waals surface area contributed by atoms with E-state index in [0.717, 1.165) is 24.3 Å². The van der Waals surface area contributed by atoms with Gasteiger partial charge in [-0.2, -0.15) is 74.6 Å². The average Bonchev–Trinajstić information content (AvgIpc) is 3.00. The topological polar surface area (TPSA) is 3.24 Å². The van der Waals surface area contributed by atoms with Crippen molar-refractivity contribution in [2.75, 3.05) is 0 Å². The number of halogens is 17. The highest BCUT2D eigenvalue weighted by atomic mass is 19.4. The van der Waals surface area contributed by atoms with Crippen molar-refractivity contribution in [2.45, 2.75) is 73.2 Å². The molecule has 1 atom stereocenters. The lowest BCUT2D eigenvalue weighted by molar-refractivity contribution is -0.463. The Hall–Kier alpha value is -3.57. The maximum Gasteiger partial charge on any atom is 0.460 e. The van der Waals surface area contributed by atoms with E-state index in [1.54, 1.807) is 0 Å². The molecule has 0 bridgehead atoms. The Kier molecular flexibility index (Phi) is 10.6. The Bertz CT molecular complexity index is 1430. The molecule has 0 heterocycles. The summed E-state index contributed by atoms with van der Waals surface area (Å²) in [6.45, 7) is -1.65. The Morgan fingerprint density at radius 1 is 0.375 bits per heavy atom. The van der Waals surface area contributed by atoms with Crippen molar-refractivity contribution in [1.29, 1.82) is 0 Å². The first-order chi connectivity index (χ1) is 21.8. The van der Waals surface area contributed by atoms with Crippen LogP contribution in [0.25, 0.3) is 0 Å². The lowest BCUT2D eigenvalue weighted by Gasteiger charge is -2.46. The predicted octanol–water partition coefficient (Wildman–Crippen LogP) is 10.3. The molecule has 18 heteroatoms. The summed E-state index contributed by atoms with van der Waals surface area (Å²) in [6, 6.07) is 15.5. The summed E-state index contributed by atoms with van der Waals surface area (Å²) < 4.78 is 241. The molecule has 0 N–H and O–H groups in total. The maximum atomic E-state index is 16.0. The second kappa shape index (κ2) is 13.0. The summed E-state index contributed by atoms with van der Waals surface area (Å²) in [5, 5.41) is 0. The van der Waals surface area contributed by atoms with Gasteiger partial charge in [0.1, 0.15) is 0 Å². The molecule has 0 aliphatic rings. The smallest absolute Gasteiger partial charge is 0.286 e. The molecule has 266 valence electrons. The fraction of sp³-hybridized carbons (Fsp3) is 0.400. The second-order valence-electron chi connectivity index (χ2n) is 10.6. The van der Waals surface area contributed by atoms with Crippen LogP contribution in [0, 0.1) is 0 Å². The Balaban J connectivity index is 2.23. The fourth-order valence-corrected chi connectivity index (χ4v) is 4.62. The molecule has 48 heavy (non-hydrogen) atoms. The van der Waals surface area contributed by atoms with Crippen molar-refractivity contribution in [3.63, 3.8) is 0 Å². The molecular formula is C30H22F17N. The van der Waals surface area contributed by atoms with Crippen LogP contribution in [0.4, 0.5) is 74.6 Å². The van der Waals surface area contributed by atoms with Crippen molar-refractivity contribution in [2.24, 2.45) is 0 Å². The standard InChI is InChI=1S/C30H22F17N/c31-23(32,24(33,34)25(35,36)26(37,38)27(39,40)28(41,42)29(43,44)30(45,46)47)22(16-19-10-4-1-5-11-19)48(17-20-12-6-2-7-13-20)18-21-14-8-3-9-15-21/h1-15,22H,16-18H2. The van der Waals surface area contributed by atoms with E-state index in [-0.39, 0.29) is 16.7 Å². The van der Waals surface area contributed by atoms with Crippen LogP contribution in [0.1, 0.15) is 16.7 Å². The molecule has 0 saturated heterocycles. The molecule has 3 aromatic carbocycles. The summed E-state index contributed by atoms with van der Waals surface area (Å²) in [6.07, 6.45) is -9.22. The van der Waals surface area contributed by atoms with Gasteiger partial charge in [-0.05, 0) is 23.1 Å². The van der Waals surface area contributed by atoms with Gasteiger partial charge in [-0.25, -0.2) is 0 Å². The first-order valence-corrected chi connectivity index (χ1v) is 13.3. The molecule has 0 fully saturated rings. The molecule has 0 spiro atoms. The molecule has 0 amide bonds. The van der Waals surface area contributed by atoms with Crippen LogP contribution in [-0.2, 0) is 19.5 Å². The number of hydrogen-bond acceptors (Lipinski definition) is 1. The Morgan fingerprint density at radius 2 is 0.667 bits per heavy atom. The highest BCUT2D eigenvalue weighted by molar-refractivity contribution is 5.23. The van der Waals surface area contributed by atoms with E-state index in [0.29, 0.717) is 4.90 Å². The van der Waals surface area contributed by atoms with Gasteiger partial charge in [0.05, 0.1) is 6.04 Å². The third-order valence-corrected chi connectivity index (χ3v) is 7.33. The Labute approximate surface area is 260 Å². The first kappa shape index (κ1) is 38.9. The van der Waals surface area contributed by atoms with Crippen molar-refractivity contribution >= 4 is 0 Å². The fourth-order valence-electron chi connectivity index (χ4n) is 4.62. The van der Waals surface area contributed by atoms with E-state index in [1.807, 2.05) is 0 Å². The largest absolute Gasteiger partial charge is 0.460 e. The van der Waals surface area contributed by atoms with Crippen LogP contribution in [0.3, 0.4) is 0 Å². The summed E-state index contributed by atoms with van der Waals surface area (Å²) in [5.74, 6) is -56.9. The van der Waals surface area contributed by atoms with Gasteiger partial charge in [-0.3, -0.25) is 4.90 Å². The summed E-state index contributed by atoms with van der Waals surface area (Å²) in [5.41, 5.74) is -0.243. The first-order valence-electron chi connectivity index (χ1n) is 13.3. The van der Waals surface area contributed by atoms with Gasteiger partial charge in [0, 0.05) is 13.1 Å². The van der Waals surface area contributed by atoms with Crippen LogP contribution in [0.15, 0.2) is 91.0 Å². The molecule has 0 aliphatic carbocycles. The minimum Gasteiger partial charge on any atom is -0.286 e. The summed E-state index contributed by atoms with van der Waals surface area (Å²) in [4.78, 5) is 0.379. The highest BCUT2D eigenvalue weighted by Gasteiger charge is 2.95. The number of alkyl halides is 17. The molecule has 0 aliphatic heterocycles. The SMILES string of the molecule is FC(F)(F)C(F)(F)C(F)(F)C(F)(F)C(F)(F)C(F)(F)C(F)(F)C(F)(F)C(Cc1ccccc1)N(Cc1ccccc1)Cc1ccccc1. The van der Waals surface area contributed by atoms with Gasteiger partial charge in [0.25, 0.3) is 0 Å². The minimum atomic E-state index is -8.69. The van der Waals surface area contributed by atoms with E-state index in [1.165, 1.54) is 66.7 Å². The number of nitrogens with zero attached hydrogens (tertiary/aromatic N) is 1. The molecule has 3 aromatic rings. The number of rotatable bonds is 14. The number of benzene rings is 3. The lowest BCUT2D eigenvalue weighted by Crippen LogP contribution is -2.75. The lowest BCUT2D eigenvalue weighted by atomic mass is 9.85. The van der Waals surface area contributed by atoms with Crippen molar-refractivity contribution in [3.05, 3.63) is 108 Å². The van der Waals surface area contributed by atoms with Crippen molar-refractivity contribution in [3.8, 4) is 0 Å². The molecule has 3 rings (SSSR count). The maximum absolute atomic E-state index is 16.0. The zero-order valence-corrected chi connectivity index (χ0v) is 23.7. The molecular weight excluding hydrogens is 697 g/mol. The molecule has 1 nitrogen and oxygen atoms in total. The van der Waals surface area contributed by atoms with E-state index in [9.17, 15) is 57.1 Å². The van der Waals surface area contributed by atoms with Gasteiger partial charge in [0.15, 0.2) is 0 Å². The average molecular weight is 719 g/mol. The van der Waals surface area contributed by atoms with Crippen LogP contribution in [0.5, 0.6) is 0 Å². The third kappa shape index (κ3) is 6.55. The molecule has 0 saturated carbocycles. The zero-order valence-electron chi connectivity index (χ0n) is 23.7. The van der Waals surface area contributed by atoms with Crippen LogP contribution < -0.4 is 0 Å². The third-order valence-electron chi connectivity index (χ3n) is 7.33. The summed E-state index contributed by atoms with van der Waals surface area (Å²) in [7, 11) is 0. The monoisotopic (exact) mass is 719 g/mol. The minimum absolute atomic E-state index is 0.0447. The van der Waals surface area contributed by atoms with E-state index in [4.69, 9.17) is 0 Å². The van der Waals surface area contributed by atoms with E-state index >= 15 is 17.6 Å². The van der Waals surface area contributed by atoms with Crippen LogP contribution >= 0.6 is 0 Å². The normalized spacial score (nSPS) is 15.1. The van der Waals surface area contributed by atoms with Gasteiger partial charge in [0.2, 0.25) is 0 Å². The van der Waals surface area contributed by atoms with Crippen LogP contribution in [-0.4, -0.2) is 58.6 Å². The van der Waals surface area contributed by atoms with Gasteiger partial charge in [-0.1, -0.05) is 91.0 Å². The zero-order chi connectivity index (χ0) is 36.6. The highest BCUT2D eigenvalue weighted by Crippen LogP contribution is 2.64. The van der Waals surface area contributed by atoms with Crippen LogP contribution in [0.2, 0.25) is 0 Å². The summed E-state index contributed by atoms with van der Waals surface area (Å²) >= 11 is 0. The number of hydrogen-bond donors (Lipinski definition) is 0. The second-order valence-corrected chi connectivity index (χ2v) is 10.6. The van der Waals surface area contributed by atoms with E-state index < -0.39 is 73.2 Å².